The normalized spacial score (nSPS) is 16.7. The molecule has 1 aliphatic heterocycles. The van der Waals surface area contributed by atoms with Gasteiger partial charge in [0.15, 0.2) is 5.84 Å². The lowest BCUT2D eigenvalue weighted by molar-refractivity contribution is 0.157. The number of H-pyrrole nitrogens is 1. The number of hydrogen-bond donors (Lipinski definition) is 3. The largest absolute Gasteiger partial charge is 0.326 e. The van der Waals surface area contributed by atoms with E-state index in [1.54, 1.807) is 16.3 Å². The van der Waals surface area contributed by atoms with Crippen LogP contribution in [0.3, 0.4) is 0 Å². The number of hydrogen-bond acceptors (Lipinski definition) is 6. The van der Waals surface area contributed by atoms with Crippen molar-refractivity contribution in [3.63, 3.8) is 0 Å². The van der Waals surface area contributed by atoms with Gasteiger partial charge in [-0.1, -0.05) is 42.5 Å². The van der Waals surface area contributed by atoms with Gasteiger partial charge in [0.25, 0.3) is 0 Å². The number of fused-ring (bicyclic) bond motifs is 1. The van der Waals surface area contributed by atoms with Crippen LogP contribution in [-0.4, -0.2) is 38.4 Å². The minimum absolute atomic E-state index is 0.0470. The maximum atomic E-state index is 12.7. The van der Waals surface area contributed by atoms with Crippen LogP contribution in [0.4, 0.5) is 0 Å². The Morgan fingerprint density at radius 3 is 2.56 bits per heavy atom. The molecule has 0 aliphatic carbocycles. The number of nitrogens with zero attached hydrogens (tertiary/aromatic N) is 4. The molecular formula is C25H29N7OS. The highest BCUT2D eigenvalue weighted by atomic mass is 32.1. The monoisotopic (exact) mass is 475 g/mol. The van der Waals surface area contributed by atoms with Crippen LogP contribution in [0.15, 0.2) is 81.3 Å². The van der Waals surface area contributed by atoms with Crippen molar-refractivity contribution in [3.8, 4) is 0 Å². The smallest absolute Gasteiger partial charge is 0.321 e. The van der Waals surface area contributed by atoms with Crippen molar-refractivity contribution in [2.24, 2.45) is 16.8 Å². The van der Waals surface area contributed by atoms with Gasteiger partial charge in [0.05, 0.1) is 23.6 Å². The Hall–Kier alpha value is -3.40. The summed E-state index contributed by atoms with van der Waals surface area (Å²) in [6.45, 7) is 2.11. The second-order valence-electron chi connectivity index (χ2n) is 8.64. The maximum Gasteiger partial charge on any atom is 0.326 e. The number of hydrazone groups is 1. The third kappa shape index (κ3) is 4.37. The number of likely N-dealkylation sites (tertiary alicyclic amines) is 1. The number of nitrogens with one attached hydrogen (secondary N) is 1. The average Bonchev–Trinajstić information content (AvgIpc) is 3.50. The van der Waals surface area contributed by atoms with Gasteiger partial charge in [0.2, 0.25) is 0 Å². The highest BCUT2D eigenvalue weighted by Gasteiger charge is 2.33. The summed E-state index contributed by atoms with van der Waals surface area (Å²) in [6.07, 6.45) is 1.70. The summed E-state index contributed by atoms with van der Waals surface area (Å²) in [5.74, 6) is 13.1. The molecule has 5 N–H and O–H groups in total. The van der Waals surface area contributed by atoms with Crippen molar-refractivity contribution in [3.05, 3.63) is 93.0 Å². The average molecular weight is 476 g/mol. The SMILES string of the molecule is N/N=C(/C(c1ccsc1)N1CCC(n2c(=O)[nH]c3ccccc32)CC1)N(N)Cc1ccccc1. The zero-order valence-electron chi connectivity index (χ0n) is 18.9. The number of piperidine rings is 1. The molecule has 1 atom stereocenters. The van der Waals surface area contributed by atoms with Crippen LogP contribution >= 0.6 is 11.3 Å². The molecule has 176 valence electrons. The van der Waals surface area contributed by atoms with Crippen LogP contribution < -0.4 is 17.4 Å². The van der Waals surface area contributed by atoms with E-state index in [4.69, 9.17) is 11.7 Å². The van der Waals surface area contributed by atoms with E-state index in [1.165, 1.54) is 0 Å². The van der Waals surface area contributed by atoms with Crippen molar-refractivity contribution in [2.75, 3.05) is 13.1 Å². The van der Waals surface area contributed by atoms with Gasteiger partial charge in [0.1, 0.15) is 0 Å². The van der Waals surface area contributed by atoms with Crippen molar-refractivity contribution in [1.29, 1.82) is 0 Å². The Labute approximate surface area is 202 Å². The summed E-state index contributed by atoms with van der Waals surface area (Å²) in [5, 5.41) is 10.00. The van der Waals surface area contributed by atoms with Crippen LogP contribution in [0, 0.1) is 0 Å². The van der Waals surface area contributed by atoms with Crippen LogP contribution in [-0.2, 0) is 6.54 Å². The Kier molecular flexibility index (Phi) is 6.48. The lowest BCUT2D eigenvalue weighted by atomic mass is 9.99. The van der Waals surface area contributed by atoms with Gasteiger partial charge in [-0.25, -0.2) is 10.6 Å². The number of benzene rings is 2. The van der Waals surface area contributed by atoms with E-state index in [1.807, 2.05) is 59.2 Å². The zero-order valence-corrected chi connectivity index (χ0v) is 19.7. The fraction of sp³-hybridized carbons (Fsp3) is 0.280. The number of imidazole rings is 1. The maximum absolute atomic E-state index is 12.7. The fourth-order valence-electron chi connectivity index (χ4n) is 4.96. The number of hydrazine groups is 1. The molecule has 0 amide bonds. The summed E-state index contributed by atoms with van der Waals surface area (Å²) >= 11 is 1.65. The molecule has 0 radical (unpaired) electrons. The Bertz CT molecular complexity index is 1300. The molecule has 9 heteroatoms. The van der Waals surface area contributed by atoms with E-state index in [0.717, 1.165) is 48.1 Å². The first-order chi connectivity index (χ1) is 16.7. The number of rotatable bonds is 6. The molecule has 1 fully saturated rings. The second-order valence-corrected chi connectivity index (χ2v) is 9.42. The third-order valence-electron chi connectivity index (χ3n) is 6.58. The summed E-state index contributed by atoms with van der Waals surface area (Å²) in [6, 6.07) is 20.0. The van der Waals surface area contributed by atoms with Gasteiger partial charge >= 0.3 is 5.69 Å². The summed E-state index contributed by atoms with van der Waals surface area (Å²) in [5.41, 5.74) is 4.01. The van der Waals surface area contributed by atoms with Gasteiger partial charge < -0.3 is 10.8 Å². The lowest BCUT2D eigenvalue weighted by Gasteiger charge is -2.39. The minimum atomic E-state index is -0.148. The number of aromatic nitrogens is 2. The quantitative estimate of drug-likeness (QED) is 0.171. The first-order valence-electron chi connectivity index (χ1n) is 11.4. The first kappa shape index (κ1) is 22.4. The summed E-state index contributed by atoms with van der Waals surface area (Å²) < 4.78 is 1.91. The molecule has 1 unspecified atom stereocenters. The standard InChI is InChI=1S/C25H29N7OS/c26-29-24(31(27)16-18-6-2-1-3-7-18)23(19-12-15-34-17-19)30-13-10-20(11-14-30)32-22-9-5-4-8-21(22)28-25(32)33/h1-9,12,15,17,20,23H,10-11,13-14,16,26-27H2,(H,28,33)/b29-24-. The second kappa shape index (κ2) is 9.84. The molecule has 2 aromatic carbocycles. The van der Waals surface area contributed by atoms with Crippen molar-refractivity contribution in [2.45, 2.75) is 31.5 Å². The predicted octanol–water partition coefficient (Wildman–Crippen LogP) is 3.42. The molecule has 1 aliphatic rings. The van der Waals surface area contributed by atoms with Gasteiger partial charge in [-0.3, -0.25) is 14.5 Å². The summed E-state index contributed by atoms with van der Waals surface area (Å²) in [4.78, 5) is 18.0. The van der Waals surface area contributed by atoms with Gasteiger partial charge in [0, 0.05) is 19.1 Å². The van der Waals surface area contributed by atoms with E-state index in [-0.39, 0.29) is 17.8 Å². The van der Waals surface area contributed by atoms with Crippen LogP contribution in [0.5, 0.6) is 0 Å². The number of para-hydroxylation sites is 2. The molecule has 5 rings (SSSR count). The Morgan fingerprint density at radius 2 is 1.85 bits per heavy atom. The number of aromatic amines is 1. The molecule has 0 spiro atoms. The number of thiophene rings is 1. The van der Waals surface area contributed by atoms with Gasteiger partial charge in [-0.15, -0.1) is 0 Å². The van der Waals surface area contributed by atoms with E-state index in [2.05, 4.69) is 31.8 Å². The van der Waals surface area contributed by atoms with Gasteiger partial charge in [-0.2, -0.15) is 16.4 Å². The first-order valence-corrected chi connectivity index (χ1v) is 12.4. The molecular weight excluding hydrogens is 446 g/mol. The van der Waals surface area contributed by atoms with Crippen LogP contribution in [0.25, 0.3) is 11.0 Å². The van der Waals surface area contributed by atoms with E-state index in [0.29, 0.717) is 12.4 Å². The predicted molar refractivity (Wildman–Crippen MR) is 137 cm³/mol. The van der Waals surface area contributed by atoms with Crippen LogP contribution in [0.2, 0.25) is 0 Å². The highest BCUT2D eigenvalue weighted by molar-refractivity contribution is 7.08. The Balaban J connectivity index is 1.37. The third-order valence-corrected chi connectivity index (χ3v) is 7.28. The topological polar surface area (TPSA) is 109 Å². The minimum Gasteiger partial charge on any atom is -0.321 e. The van der Waals surface area contributed by atoms with Crippen LogP contribution in [0.1, 0.15) is 36.1 Å². The Morgan fingerprint density at radius 1 is 1.12 bits per heavy atom. The van der Waals surface area contributed by atoms with E-state index in [9.17, 15) is 4.79 Å². The molecule has 34 heavy (non-hydrogen) atoms. The summed E-state index contributed by atoms with van der Waals surface area (Å²) in [7, 11) is 0. The molecule has 3 heterocycles. The lowest BCUT2D eigenvalue weighted by Crippen LogP contribution is -2.49. The highest BCUT2D eigenvalue weighted by Crippen LogP contribution is 2.32. The fourth-order valence-corrected chi connectivity index (χ4v) is 5.63. The molecule has 8 nitrogen and oxygen atoms in total. The molecule has 4 aromatic rings. The van der Waals surface area contributed by atoms with Crippen molar-refractivity contribution in [1.82, 2.24) is 19.5 Å². The van der Waals surface area contributed by atoms with Crippen molar-refractivity contribution >= 4 is 28.2 Å². The van der Waals surface area contributed by atoms with Gasteiger partial charge in [-0.05, 0) is 52.9 Å². The molecule has 1 saturated heterocycles. The zero-order chi connectivity index (χ0) is 23.5. The molecule has 0 saturated carbocycles. The van der Waals surface area contributed by atoms with E-state index < -0.39 is 0 Å². The molecule has 0 bridgehead atoms. The molecule has 2 aromatic heterocycles. The van der Waals surface area contributed by atoms with Crippen molar-refractivity contribution < 1.29 is 0 Å². The number of nitrogens with two attached hydrogens (primary N) is 2. The number of amidine groups is 1. The van der Waals surface area contributed by atoms with E-state index >= 15 is 0 Å².